The number of para-hydroxylation sites is 1. The van der Waals surface area contributed by atoms with Crippen LogP contribution in [-0.4, -0.2) is 0 Å². The number of furan rings is 1. The molecule has 1 heterocycles. The van der Waals surface area contributed by atoms with Gasteiger partial charge in [0.25, 0.3) is 0 Å². The van der Waals surface area contributed by atoms with Gasteiger partial charge in [-0.15, -0.1) is 0 Å². The maximum atomic E-state index is 9.42. The van der Waals surface area contributed by atoms with Crippen LogP contribution in [0, 0.1) is 0 Å². The molecule has 0 amide bonds. The minimum atomic E-state index is -0.437. The van der Waals surface area contributed by atoms with Crippen LogP contribution in [0.25, 0.3) is 87.6 Å². The van der Waals surface area contributed by atoms with E-state index in [1.54, 1.807) is 6.07 Å². The van der Waals surface area contributed by atoms with Gasteiger partial charge in [0.1, 0.15) is 11.2 Å². The molecular formula is C42H26O. The van der Waals surface area contributed by atoms with Crippen molar-refractivity contribution in [2.45, 2.75) is 0 Å². The van der Waals surface area contributed by atoms with Gasteiger partial charge in [-0.1, -0.05) is 145 Å². The van der Waals surface area contributed by atoms with E-state index in [0.717, 1.165) is 27.3 Å². The van der Waals surface area contributed by atoms with Gasteiger partial charge in [0.05, 0.1) is 11.0 Å². The molecule has 0 N–H and O–H groups in total. The molecule has 0 aliphatic heterocycles. The minimum Gasteiger partial charge on any atom is -0.456 e. The Balaban J connectivity index is 1.58. The van der Waals surface area contributed by atoms with Gasteiger partial charge >= 0.3 is 0 Å². The molecule has 0 bridgehead atoms. The van der Waals surface area contributed by atoms with Crippen LogP contribution in [0.2, 0.25) is 0 Å². The largest absolute Gasteiger partial charge is 0.456 e. The Morgan fingerprint density at radius 1 is 0.372 bits per heavy atom. The second-order valence-electron chi connectivity index (χ2n) is 10.6. The third kappa shape index (κ3) is 3.58. The van der Waals surface area contributed by atoms with E-state index < -0.39 is 24.2 Å². The first-order valence-corrected chi connectivity index (χ1v) is 14.1. The predicted octanol–water partition coefficient (Wildman–Crippen LogP) is 12.0. The lowest BCUT2D eigenvalue weighted by molar-refractivity contribution is 0.669. The summed E-state index contributed by atoms with van der Waals surface area (Å²) < 4.78 is 79.2. The molecule has 8 aromatic carbocycles. The molecule has 1 heteroatoms. The Bertz CT molecular complexity index is 2870. The number of fused-ring (bicyclic) bond motifs is 6. The average molecular weight is 555 g/mol. The Labute approximate surface area is 260 Å². The van der Waals surface area contributed by atoms with Crippen LogP contribution in [0.4, 0.5) is 0 Å². The summed E-state index contributed by atoms with van der Waals surface area (Å²) >= 11 is 0. The van der Waals surface area contributed by atoms with Crippen molar-refractivity contribution < 1.29 is 15.4 Å². The molecule has 9 aromatic rings. The van der Waals surface area contributed by atoms with Crippen molar-refractivity contribution in [3.63, 3.8) is 0 Å². The molecule has 43 heavy (non-hydrogen) atoms. The van der Waals surface area contributed by atoms with Crippen LogP contribution in [-0.2, 0) is 0 Å². The van der Waals surface area contributed by atoms with Crippen LogP contribution >= 0.6 is 0 Å². The summed E-state index contributed by atoms with van der Waals surface area (Å²) in [7, 11) is 0. The van der Waals surface area contributed by atoms with Gasteiger partial charge in [-0.05, 0) is 77.8 Å². The van der Waals surface area contributed by atoms with Gasteiger partial charge in [-0.25, -0.2) is 0 Å². The molecule has 0 saturated heterocycles. The van der Waals surface area contributed by atoms with E-state index in [2.05, 4.69) is 0 Å². The second kappa shape index (κ2) is 9.44. The summed E-state index contributed by atoms with van der Waals surface area (Å²) in [5.41, 5.74) is 4.87. The van der Waals surface area contributed by atoms with E-state index in [9.17, 15) is 5.48 Å². The van der Waals surface area contributed by atoms with Gasteiger partial charge in [-0.2, -0.15) is 0 Å². The van der Waals surface area contributed by atoms with Crippen molar-refractivity contribution in [3.8, 4) is 33.4 Å². The first kappa shape index (κ1) is 17.3. The SMILES string of the molecule is [2H]c1c([2H])c([2H])c2c(-c3cccc4oc5ccccc5c34)c3c([2H])c([2H])c([2H])c([2H])c3c(-c3ccc(-c4ccccc4)c4ccccc34)c2c1[2H]. The molecule has 0 saturated carbocycles. The van der Waals surface area contributed by atoms with Crippen molar-refractivity contribution >= 4 is 54.3 Å². The van der Waals surface area contributed by atoms with Crippen LogP contribution < -0.4 is 0 Å². The van der Waals surface area contributed by atoms with E-state index in [-0.39, 0.29) is 45.7 Å². The Morgan fingerprint density at radius 2 is 0.884 bits per heavy atom. The highest BCUT2D eigenvalue weighted by molar-refractivity contribution is 6.27. The number of benzene rings is 8. The average Bonchev–Trinajstić information content (AvgIpc) is 3.55. The molecule has 0 fully saturated rings. The Kier molecular flexibility index (Phi) is 3.80. The molecule has 0 aliphatic rings. The molecule has 9 rings (SSSR count). The Hall–Kier alpha value is -5.66. The zero-order valence-corrected chi connectivity index (χ0v) is 22.8. The molecule has 0 atom stereocenters. The van der Waals surface area contributed by atoms with Crippen LogP contribution in [0.3, 0.4) is 0 Å². The van der Waals surface area contributed by atoms with Gasteiger partial charge in [0.15, 0.2) is 0 Å². The van der Waals surface area contributed by atoms with Gasteiger partial charge < -0.3 is 4.42 Å². The zero-order chi connectivity index (χ0) is 35.3. The number of rotatable bonds is 3. The standard InChI is InChI=1S/C42H26O/c1-2-13-27(14-3-1)28-25-26-35(30-16-5-4-15-29(28)30)40-31-17-6-8-19-33(31)41(34-20-9-7-18-32(34)40)37-22-12-24-39-42(37)36-21-10-11-23-38(36)43-39/h1-26H/i6D,7D,8D,9D,17D,18D,19D,20D. The van der Waals surface area contributed by atoms with Crippen LogP contribution in [0.5, 0.6) is 0 Å². The third-order valence-electron chi connectivity index (χ3n) is 8.33. The molecule has 1 nitrogen and oxygen atoms in total. The lowest BCUT2D eigenvalue weighted by Gasteiger charge is -2.20. The monoisotopic (exact) mass is 554 g/mol. The third-order valence-corrected chi connectivity index (χ3v) is 8.33. The highest BCUT2D eigenvalue weighted by Gasteiger charge is 2.21. The second-order valence-corrected chi connectivity index (χ2v) is 10.6. The summed E-state index contributed by atoms with van der Waals surface area (Å²) in [5, 5.41) is 3.82. The normalized spacial score (nSPS) is 14.3. The zero-order valence-electron chi connectivity index (χ0n) is 30.8. The molecule has 200 valence electrons. The van der Waals surface area contributed by atoms with E-state index in [1.807, 2.05) is 103 Å². The van der Waals surface area contributed by atoms with Crippen molar-refractivity contribution in [2.24, 2.45) is 0 Å². The lowest BCUT2D eigenvalue weighted by atomic mass is 9.83. The topological polar surface area (TPSA) is 13.1 Å². The fourth-order valence-corrected chi connectivity index (χ4v) is 6.53. The van der Waals surface area contributed by atoms with Crippen LogP contribution in [0.1, 0.15) is 11.0 Å². The lowest BCUT2D eigenvalue weighted by Crippen LogP contribution is -1.92. The summed E-state index contributed by atoms with van der Waals surface area (Å²) in [5.74, 6) is 0. The smallest absolute Gasteiger partial charge is 0.136 e. The fourth-order valence-electron chi connectivity index (χ4n) is 6.53. The minimum absolute atomic E-state index is 0.169. The van der Waals surface area contributed by atoms with Crippen LogP contribution in [0.15, 0.2) is 162 Å². The van der Waals surface area contributed by atoms with Crippen molar-refractivity contribution in [3.05, 3.63) is 158 Å². The quantitative estimate of drug-likeness (QED) is 0.198. The van der Waals surface area contributed by atoms with Gasteiger partial charge in [0, 0.05) is 10.8 Å². The number of hydrogen-bond donors (Lipinski definition) is 0. The first-order chi connectivity index (χ1) is 24.7. The maximum Gasteiger partial charge on any atom is 0.136 e. The molecule has 1 aromatic heterocycles. The summed E-state index contributed by atoms with van der Waals surface area (Å²) in [6.45, 7) is 0. The highest BCUT2D eigenvalue weighted by atomic mass is 16.3. The van der Waals surface area contributed by atoms with Crippen molar-refractivity contribution in [2.75, 3.05) is 0 Å². The molecular weight excluding hydrogens is 520 g/mol. The van der Waals surface area contributed by atoms with Gasteiger partial charge in [-0.3, -0.25) is 0 Å². The molecule has 0 aliphatic carbocycles. The first-order valence-electron chi connectivity index (χ1n) is 18.1. The van der Waals surface area contributed by atoms with E-state index in [1.165, 1.54) is 0 Å². The summed E-state index contributed by atoms with van der Waals surface area (Å²) in [4.78, 5) is 0. The Morgan fingerprint density at radius 3 is 1.56 bits per heavy atom. The number of hydrogen-bond acceptors (Lipinski definition) is 1. The van der Waals surface area contributed by atoms with Crippen molar-refractivity contribution in [1.82, 2.24) is 0 Å². The molecule has 0 spiro atoms. The fraction of sp³-hybridized carbons (Fsp3) is 0. The highest BCUT2D eigenvalue weighted by Crippen LogP contribution is 2.48. The summed E-state index contributed by atoms with van der Waals surface area (Å²) in [6, 6.07) is 31.6. The van der Waals surface area contributed by atoms with E-state index >= 15 is 0 Å². The molecule has 0 radical (unpaired) electrons. The maximum absolute atomic E-state index is 9.42. The van der Waals surface area contributed by atoms with Crippen molar-refractivity contribution in [1.29, 1.82) is 0 Å². The van der Waals surface area contributed by atoms with Gasteiger partial charge in [0.2, 0.25) is 0 Å². The summed E-state index contributed by atoms with van der Waals surface area (Å²) in [6.07, 6.45) is 0. The molecule has 0 unspecified atom stereocenters. The predicted molar refractivity (Wildman–Crippen MR) is 183 cm³/mol. The van der Waals surface area contributed by atoms with E-state index in [4.69, 9.17) is 9.90 Å². The van der Waals surface area contributed by atoms with E-state index in [0.29, 0.717) is 38.8 Å².